The molecule has 0 aromatic carbocycles. The molecule has 0 amide bonds. The fraction of sp³-hybridized carbons (Fsp3) is 0.722. The van der Waals surface area contributed by atoms with Crippen molar-refractivity contribution in [3.63, 3.8) is 0 Å². The molecular weight excluding hydrogens is 302 g/mol. The third kappa shape index (κ3) is 2.31. The van der Waals surface area contributed by atoms with Gasteiger partial charge in [0.25, 0.3) is 5.78 Å². The van der Waals surface area contributed by atoms with Gasteiger partial charge in [-0.05, 0) is 24.7 Å². The van der Waals surface area contributed by atoms with Gasteiger partial charge in [-0.25, -0.2) is 4.98 Å². The van der Waals surface area contributed by atoms with Gasteiger partial charge in [-0.1, -0.05) is 27.7 Å². The summed E-state index contributed by atoms with van der Waals surface area (Å²) in [7, 11) is 0. The highest BCUT2D eigenvalue weighted by molar-refractivity contribution is 5.52. The average molecular weight is 329 g/mol. The Kier molecular flexibility index (Phi) is 3.75. The Balaban J connectivity index is 1.75. The number of anilines is 1. The number of hydrogen-bond donors (Lipinski definition) is 0. The molecule has 2 aromatic heterocycles. The van der Waals surface area contributed by atoms with E-state index < -0.39 is 0 Å². The third-order valence-electron chi connectivity index (χ3n) is 5.71. The van der Waals surface area contributed by atoms with Crippen molar-refractivity contribution >= 4 is 11.6 Å². The van der Waals surface area contributed by atoms with Crippen molar-refractivity contribution in [3.8, 4) is 0 Å². The van der Waals surface area contributed by atoms with Crippen LogP contribution in [0.3, 0.4) is 0 Å². The zero-order valence-electron chi connectivity index (χ0n) is 15.1. The van der Waals surface area contributed by atoms with E-state index >= 15 is 0 Å². The lowest BCUT2D eigenvalue weighted by atomic mass is 9.63. The number of fused-ring (bicyclic) bond motifs is 1. The zero-order chi connectivity index (χ0) is 16.9. The van der Waals surface area contributed by atoms with E-state index in [1.165, 1.54) is 0 Å². The lowest BCUT2D eigenvalue weighted by Gasteiger charge is -2.61. The van der Waals surface area contributed by atoms with E-state index in [9.17, 15) is 0 Å². The molecule has 6 nitrogen and oxygen atoms in total. The second-order valence-electron chi connectivity index (χ2n) is 7.96. The molecule has 2 aliphatic rings. The predicted octanol–water partition coefficient (Wildman–Crippen LogP) is 2.89. The summed E-state index contributed by atoms with van der Waals surface area (Å²) in [5.74, 6) is 2.80. The van der Waals surface area contributed by atoms with Crippen LogP contribution in [0.4, 0.5) is 5.82 Å². The SMILES string of the molecule is CC(C)c1cc(N2CC3(CCOCC3)C2C(C)C)n2ncnc2n1. The number of ether oxygens (including phenoxy) is 1. The molecule has 4 heterocycles. The van der Waals surface area contributed by atoms with Gasteiger partial charge >= 0.3 is 0 Å². The van der Waals surface area contributed by atoms with Crippen molar-refractivity contribution in [2.45, 2.75) is 52.5 Å². The molecule has 0 N–H and O–H groups in total. The molecule has 0 bridgehead atoms. The van der Waals surface area contributed by atoms with Gasteiger partial charge in [0.05, 0.1) is 5.69 Å². The second-order valence-corrected chi connectivity index (χ2v) is 7.96. The molecule has 2 fully saturated rings. The average Bonchev–Trinajstić information content (AvgIpc) is 3.00. The van der Waals surface area contributed by atoms with Crippen LogP contribution in [0.5, 0.6) is 0 Å². The van der Waals surface area contributed by atoms with Crippen LogP contribution in [0.1, 0.15) is 52.1 Å². The molecule has 0 aliphatic carbocycles. The normalized spacial score (nSPS) is 23.4. The first-order valence-corrected chi connectivity index (χ1v) is 9.07. The molecule has 0 saturated carbocycles. The van der Waals surface area contributed by atoms with Crippen LogP contribution in [0.2, 0.25) is 0 Å². The van der Waals surface area contributed by atoms with Gasteiger partial charge in [0.1, 0.15) is 12.1 Å². The Labute approximate surface area is 143 Å². The maximum absolute atomic E-state index is 5.62. The van der Waals surface area contributed by atoms with Gasteiger partial charge in [0.2, 0.25) is 0 Å². The van der Waals surface area contributed by atoms with Crippen molar-refractivity contribution in [1.29, 1.82) is 0 Å². The van der Waals surface area contributed by atoms with Crippen LogP contribution in [-0.2, 0) is 4.74 Å². The minimum absolute atomic E-state index is 0.376. The third-order valence-corrected chi connectivity index (χ3v) is 5.71. The fourth-order valence-electron chi connectivity index (χ4n) is 4.59. The Morgan fingerprint density at radius 3 is 2.62 bits per heavy atom. The molecule has 2 saturated heterocycles. The van der Waals surface area contributed by atoms with Crippen LogP contribution in [-0.4, -0.2) is 45.4 Å². The van der Waals surface area contributed by atoms with E-state index in [0.29, 0.717) is 29.1 Å². The molecule has 130 valence electrons. The molecule has 2 aliphatic heterocycles. The first-order valence-electron chi connectivity index (χ1n) is 9.07. The molecule has 2 aromatic rings. The molecular formula is C18H27N5O. The molecule has 6 heteroatoms. The minimum Gasteiger partial charge on any atom is -0.381 e. The van der Waals surface area contributed by atoms with Crippen molar-refractivity contribution in [2.75, 3.05) is 24.7 Å². The number of hydrogen-bond acceptors (Lipinski definition) is 5. The summed E-state index contributed by atoms with van der Waals surface area (Å²) < 4.78 is 7.52. The summed E-state index contributed by atoms with van der Waals surface area (Å²) >= 11 is 0. The van der Waals surface area contributed by atoms with Crippen LogP contribution >= 0.6 is 0 Å². The van der Waals surface area contributed by atoms with E-state index in [1.54, 1.807) is 6.33 Å². The number of aromatic nitrogens is 4. The van der Waals surface area contributed by atoms with Crippen molar-refractivity contribution in [3.05, 3.63) is 18.1 Å². The fourth-order valence-corrected chi connectivity index (χ4v) is 4.59. The highest BCUT2D eigenvalue weighted by Gasteiger charge is 2.54. The predicted molar refractivity (Wildman–Crippen MR) is 93.3 cm³/mol. The van der Waals surface area contributed by atoms with Gasteiger partial charge in [0, 0.05) is 37.3 Å². The summed E-state index contributed by atoms with van der Waals surface area (Å²) in [5, 5.41) is 4.43. The first-order chi connectivity index (χ1) is 11.5. The molecule has 0 radical (unpaired) electrons. The Bertz CT molecular complexity index is 732. The van der Waals surface area contributed by atoms with Gasteiger partial charge in [-0.3, -0.25) is 0 Å². The maximum Gasteiger partial charge on any atom is 0.254 e. The van der Waals surface area contributed by atoms with Crippen molar-refractivity contribution in [2.24, 2.45) is 11.3 Å². The summed E-state index contributed by atoms with van der Waals surface area (Å²) in [6.07, 6.45) is 3.92. The smallest absolute Gasteiger partial charge is 0.254 e. The van der Waals surface area contributed by atoms with E-state index in [4.69, 9.17) is 4.74 Å². The van der Waals surface area contributed by atoms with Crippen LogP contribution in [0.15, 0.2) is 12.4 Å². The Morgan fingerprint density at radius 2 is 1.96 bits per heavy atom. The van der Waals surface area contributed by atoms with E-state index in [-0.39, 0.29) is 0 Å². The number of nitrogens with zero attached hydrogens (tertiary/aromatic N) is 5. The van der Waals surface area contributed by atoms with E-state index in [0.717, 1.165) is 44.1 Å². The molecule has 4 rings (SSSR count). The van der Waals surface area contributed by atoms with Crippen molar-refractivity contribution in [1.82, 2.24) is 19.6 Å². The summed E-state index contributed by atoms with van der Waals surface area (Å²) in [6.45, 7) is 11.9. The van der Waals surface area contributed by atoms with Crippen molar-refractivity contribution < 1.29 is 4.74 Å². The summed E-state index contributed by atoms with van der Waals surface area (Å²) in [4.78, 5) is 11.5. The standard InChI is InChI=1S/C18H27N5O/c1-12(2)14-9-15(23-17(21-14)19-11-20-23)22-10-18(16(22)13(3)4)5-7-24-8-6-18/h9,11-13,16H,5-8,10H2,1-4H3. The quantitative estimate of drug-likeness (QED) is 0.866. The maximum atomic E-state index is 5.62. The topological polar surface area (TPSA) is 55.6 Å². The molecule has 24 heavy (non-hydrogen) atoms. The lowest BCUT2D eigenvalue weighted by molar-refractivity contribution is -0.0402. The van der Waals surface area contributed by atoms with Crippen LogP contribution < -0.4 is 4.90 Å². The summed E-state index contributed by atoms with van der Waals surface area (Å²) in [5.41, 5.74) is 1.47. The van der Waals surface area contributed by atoms with Crippen LogP contribution in [0, 0.1) is 11.3 Å². The largest absolute Gasteiger partial charge is 0.381 e. The molecule has 1 spiro atoms. The first kappa shape index (κ1) is 15.8. The van der Waals surface area contributed by atoms with Gasteiger partial charge in [-0.15, -0.1) is 0 Å². The van der Waals surface area contributed by atoms with Gasteiger partial charge in [-0.2, -0.15) is 14.6 Å². The van der Waals surface area contributed by atoms with Crippen LogP contribution in [0.25, 0.3) is 5.78 Å². The Morgan fingerprint density at radius 1 is 1.21 bits per heavy atom. The van der Waals surface area contributed by atoms with Gasteiger partial charge < -0.3 is 9.64 Å². The summed E-state index contributed by atoms with van der Waals surface area (Å²) in [6, 6.07) is 2.73. The Hall–Kier alpha value is -1.69. The highest BCUT2D eigenvalue weighted by atomic mass is 16.5. The molecule has 1 atom stereocenters. The lowest BCUT2D eigenvalue weighted by Crippen LogP contribution is -2.68. The zero-order valence-corrected chi connectivity index (χ0v) is 15.1. The minimum atomic E-state index is 0.376. The highest BCUT2D eigenvalue weighted by Crippen LogP contribution is 2.50. The van der Waals surface area contributed by atoms with E-state index in [2.05, 4.69) is 53.7 Å². The monoisotopic (exact) mass is 329 g/mol. The number of rotatable bonds is 3. The second kappa shape index (κ2) is 5.69. The van der Waals surface area contributed by atoms with Gasteiger partial charge in [0.15, 0.2) is 0 Å². The molecule has 1 unspecified atom stereocenters. The van der Waals surface area contributed by atoms with E-state index in [1.807, 2.05) is 4.52 Å².